The fourth-order valence-corrected chi connectivity index (χ4v) is 4.67. The minimum atomic E-state index is -0.292. The maximum Gasteiger partial charge on any atom is 0.277 e. The van der Waals surface area contributed by atoms with Gasteiger partial charge in [-0.25, -0.2) is 0 Å². The number of aryl methyl sites for hydroxylation is 1. The molecule has 2 heterocycles. The summed E-state index contributed by atoms with van der Waals surface area (Å²) in [5, 5.41) is 0. The largest absolute Gasteiger partial charge is 0.493 e. The highest BCUT2D eigenvalue weighted by Gasteiger charge is 2.15. The van der Waals surface area contributed by atoms with Crippen molar-refractivity contribution in [3.05, 3.63) is 96.2 Å². The van der Waals surface area contributed by atoms with Crippen LogP contribution in [-0.4, -0.2) is 23.1 Å². The molecule has 0 bridgehead atoms. The summed E-state index contributed by atoms with van der Waals surface area (Å²) in [5.74, 6) is 1.29. The SMILES string of the molecule is CCCCOc1ccc(C=c2sc3nc(=O)c(Cc4ccccc4)c(C)n3c2=O)cc1OC. The summed E-state index contributed by atoms with van der Waals surface area (Å²) in [4.78, 5) is 30.5. The second kappa shape index (κ2) is 10.0. The Hall–Kier alpha value is -3.45. The van der Waals surface area contributed by atoms with Gasteiger partial charge in [0.2, 0.25) is 4.96 Å². The number of methoxy groups -OCH3 is 1. The molecule has 0 atom stereocenters. The Labute approximate surface area is 195 Å². The summed E-state index contributed by atoms with van der Waals surface area (Å²) in [7, 11) is 1.59. The van der Waals surface area contributed by atoms with E-state index in [4.69, 9.17) is 9.47 Å². The minimum absolute atomic E-state index is 0.184. The van der Waals surface area contributed by atoms with Crippen molar-refractivity contribution in [2.75, 3.05) is 13.7 Å². The van der Waals surface area contributed by atoms with Crippen molar-refractivity contribution in [3.8, 4) is 11.5 Å². The molecule has 0 unspecified atom stereocenters. The number of fused-ring (bicyclic) bond motifs is 1. The summed E-state index contributed by atoms with van der Waals surface area (Å²) >= 11 is 1.21. The number of rotatable bonds is 8. The molecule has 0 N–H and O–H groups in total. The molecule has 4 rings (SSSR count). The zero-order chi connectivity index (χ0) is 23.4. The van der Waals surface area contributed by atoms with Crippen LogP contribution in [0.4, 0.5) is 0 Å². The maximum atomic E-state index is 13.2. The fourth-order valence-electron chi connectivity index (χ4n) is 3.66. The number of unbranched alkanes of at least 4 members (excludes halogenated alkanes) is 1. The Morgan fingerprint density at radius 3 is 2.61 bits per heavy atom. The van der Waals surface area contributed by atoms with Crippen LogP contribution in [0, 0.1) is 6.92 Å². The summed E-state index contributed by atoms with van der Waals surface area (Å²) in [6.07, 6.45) is 4.25. The number of benzene rings is 2. The van der Waals surface area contributed by atoms with Gasteiger partial charge in [0.1, 0.15) is 0 Å². The van der Waals surface area contributed by atoms with E-state index in [2.05, 4.69) is 11.9 Å². The van der Waals surface area contributed by atoms with Gasteiger partial charge in [0, 0.05) is 17.7 Å². The van der Waals surface area contributed by atoms with Crippen LogP contribution in [0.25, 0.3) is 11.0 Å². The molecule has 0 saturated carbocycles. The lowest BCUT2D eigenvalue weighted by atomic mass is 10.1. The minimum Gasteiger partial charge on any atom is -0.493 e. The molecule has 4 aromatic rings. The van der Waals surface area contributed by atoms with E-state index in [-0.39, 0.29) is 11.1 Å². The third-order valence-electron chi connectivity index (χ3n) is 5.50. The average molecular weight is 463 g/mol. The van der Waals surface area contributed by atoms with Crippen LogP contribution in [-0.2, 0) is 6.42 Å². The van der Waals surface area contributed by atoms with E-state index < -0.39 is 0 Å². The van der Waals surface area contributed by atoms with Crippen LogP contribution >= 0.6 is 11.3 Å². The fraction of sp³-hybridized carbons (Fsp3) is 0.269. The average Bonchev–Trinajstić information content (AvgIpc) is 3.12. The number of thiazole rings is 1. The Morgan fingerprint density at radius 1 is 1.09 bits per heavy atom. The first-order chi connectivity index (χ1) is 16.0. The molecule has 0 aliphatic carbocycles. The molecule has 0 fully saturated rings. The summed E-state index contributed by atoms with van der Waals surface area (Å²) in [6, 6.07) is 15.3. The molecular formula is C26H26N2O4S. The normalized spacial score (nSPS) is 11.8. The summed E-state index contributed by atoms with van der Waals surface area (Å²) < 4.78 is 13.3. The second-order valence-electron chi connectivity index (χ2n) is 7.79. The molecule has 0 aliphatic rings. The molecule has 0 spiro atoms. The summed E-state index contributed by atoms with van der Waals surface area (Å²) in [5.41, 5.74) is 2.50. The monoisotopic (exact) mass is 462 g/mol. The van der Waals surface area contributed by atoms with Crippen LogP contribution in [0.3, 0.4) is 0 Å². The topological polar surface area (TPSA) is 69.9 Å². The van der Waals surface area contributed by atoms with Gasteiger partial charge in [-0.2, -0.15) is 4.98 Å². The zero-order valence-corrected chi connectivity index (χ0v) is 19.8. The molecule has 0 saturated heterocycles. The maximum absolute atomic E-state index is 13.2. The Balaban J connectivity index is 1.75. The third kappa shape index (κ3) is 4.83. The highest BCUT2D eigenvalue weighted by atomic mass is 32.1. The highest BCUT2D eigenvalue weighted by Crippen LogP contribution is 2.28. The van der Waals surface area contributed by atoms with E-state index in [0.717, 1.165) is 24.0 Å². The summed E-state index contributed by atoms with van der Waals surface area (Å²) in [6.45, 7) is 4.54. The van der Waals surface area contributed by atoms with E-state index in [1.54, 1.807) is 20.1 Å². The predicted octanol–water partition coefficient (Wildman–Crippen LogP) is 3.75. The molecule has 6 nitrogen and oxygen atoms in total. The smallest absolute Gasteiger partial charge is 0.277 e. The lowest BCUT2D eigenvalue weighted by Crippen LogP contribution is -2.27. The molecule has 33 heavy (non-hydrogen) atoms. The molecule has 2 aromatic carbocycles. The number of hydrogen-bond acceptors (Lipinski definition) is 6. The Bertz CT molecular complexity index is 1440. The van der Waals surface area contributed by atoms with Gasteiger partial charge in [0.15, 0.2) is 11.5 Å². The first-order valence-corrected chi connectivity index (χ1v) is 11.7. The molecule has 0 amide bonds. The molecule has 2 aromatic heterocycles. The van der Waals surface area contributed by atoms with Gasteiger partial charge in [0.25, 0.3) is 11.1 Å². The van der Waals surface area contributed by atoms with E-state index in [1.165, 1.54) is 15.7 Å². The molecule has 0 aliphatic heterocycles. The highest BCUT2D eigenvalue weighted by molar-refractivity contribution is 7.15. The lowest BCUT2D eigenvalue weighted by molar-refractivity contribution is 0.288. The van der Waals surface area contributed by atoms with E-state index in [1.807, 2.05) is 48.5 Å². The van der Waals surface area contributed by atoms with Crippen molar-refractivity contribution in [2.45, 2.75) is 33.1 Å². The van der Waals surface area contributed by atoms with E-state index >= 15 is 0 Å². The van der Waals surface area contributed by atoms with Crippen molar-refractivity contribution >= 4 is 22.4 Å². The van der Waals surface area contributed by atoms with Crippen LogP contribution in [0.1, 0.15) is 42.1 Å². The Morgan fingerprint density at radius 2 is 1.88 bits per heavy atom. The van der Waals surface area contributed by atoms with Gasteiger partial charge in [0.05, 0.1) is 18.2 Å². The number of aromatic nitrogens is 2. The molecule has 0 radical (unpaired) electrons. The van der Waals surface area contributed by atoms with E-state index in [9.17, 15) is 9.59 Å². The van der Waals surface area contributed by atoms with Gasteiger partial charge >= 0.3 is 0 Å². The van der Waals surface area contributed by atoms with E-state index in [0.29, 0.717) is 45.3 Å². The molecular weight excluding hydrogens is 436 g/mol. The van der Waals surface area contributed by atoms with Crippen molar-refractivity contribution < 1.29 is 9.47 Å². The van der Waals surface area contributed by atoms with Crippen LogP contribution < -0.4 is 25.1 Å². The van der Waals surface area contributed by atoms with Crippen molar-refractivity contribution in [3.63, 3.8) is 0 Å². The standard InChI is InChI=1S/C26H26N2O4S/c1-4-5-13-32-21-12-11-19(15-22(21)31-3)16-23-25(30)28-17(2)20(24(29)27-26(28)33-23)14-18-9-7-6-8-10-18/h6-12,15-16H,4-5,13-14H2,1-3H3. The third-order valence-corrected chi connectivity index (χ3v) is 6.47. The predicted molar refractivity (Wildman–Crippen MR) is 132 cm³/mol. The number of ether oxygens (including phenoxy) is 2. The van der Waals surface area contributed by atoms with Crippen LogP contribution in [0.2, 0.25) is 0 Å². The molecule has 7 heteroatoms. The van der Waals surface area contributed by atoms with Gasteiger partial charge in [-0.3, -0.25) is 14.0 Å². The van der Waals surface area contributed by atoms with Crippen molar-refractivity contribution in [2.24, 2.45) is 0 Å². The first-order valence-electron chi connectivity index (χ1n) is 10.9. The number of hydrogen-bond donors (Lipinski definition) is 0. The van der Waals surface area contributed by atoms with Gasteiger partial charge in [-0.15, -0.1) is 0 Å². The second-order valence-corrected chi connectivity index (χ2v) is 8.80. The quantitative estimate of drug-likeness (QED) is 0.373. The number of nitrogens with zero attached hydrogens (tertiary/aromatic N) is 2. The zero-order valence-electron chi connectivity index (χ0n) is 19.0. The molecule has 170 valence electrons. The van der Waals surface area contributed by atoms with Crippen molar-refractivity contribution in [1.29, 1.82) is 0 Å². The first kappa shape index (κ1) is 22.7. The van der Waals surface area contributed by atoms with Gasteiger partial charge in [-0.1, -0.05) is 61.1 Å². The Kier molecular flexibility index (Phi) is 6.89. The van der Waals surface area contributed by atoms with Gasteiger partial charge < -0.3 is 9.47 Å². The van der Waals surface area contributed by atoms with Crippen molar-refractivity contribution in [1.82, 2.24) is 9.38 Å². The van der Waals surface area contributed by atoms with Gasteiger partial charge in [-0.05, 0) is 42.7 Å². The van der Waals surface area contributed by atoms with Crippen LogP contribution in [0.15, 0.2) is 58.1 Å². The van der Waals surface area contributed by atoms with Crippen LogP contribution in [0.5, 0.6) is 11.5 Å². The lowest BCUT2D eigenvalue weighted by Gasteiger charge is -2.10.